The van der Waals surface area contributed by atoms with Crippen LogP contribution in [0.15, 0.2) is 158 Å². The van der Waals surface area contributed by atoms with Gasteiger partial charge in [-0.1, -0.05) is 146 Å². The summed E-state index contributed by atoms with van der Waals surface area (Å²) in [5.41, 5.74) is 9.87. The van der Waals surface area contributed by atoms with E-state index in [1.54, 1.807) is 0 Å². The lowest BCUT2D eigenvalue weighted by Crippen LogP contribution is -2.51. The minimum absolute atomic E-state index is 0.389. The van der Waals surface area contributed by atoms with E-state index in [9.17, 15) is 0 Å². The van der Waals surface area contributed by atoms with Crippen molar-refractivity contribution >= 4 is 22.9 Å². The summed E-state index contributed by atoms with van der Waals surface area (Å²) in [4.78, 5) is 23.2. The molecular weight excluding hydrogens is 637 g/mol. The van der Waals surface area contributed by atoms with Gasteiger partial charge in [0.25, 0.3) is 0 Å². The highest BCUT2D eigenvalue weighted by molar-refractivity contribution is 5.95. The summed E-state index contributed by atoms with van der Waals surface area (Å²) in [7, 11) is 0. The van der Waals surface area contributed by atoms with E-state index in [1.807, 2.05) is 12.1 Å². The molecule has 0 amide bonds. The molecule has 0 saturated carbocycles. The SMILES string of the molecule is CC1(C)N(c2nc(-c3ccc(-c4ccccc4)cc3)nc(-c3cccc(-c4ccccc4)c3)n2)c2nc3cccc(-c4ccccc4)c3n2C1(C)C. The molecule has 0 radical (unpaired) electrons. The molecule has 6 nitrogen and oxygen atoms in total. The topological polar surface area (TPSA) is 59.7 Å². The first-order valence-corrected chi connectivity index (χ1v) is 17.7. The predicted molar refractivity (Wildman–Crippen MR) is 212 cm³/mol. The zero-order valence-electron chi connectivity index (χ0n) is 29.7. The minimum Gasteiger partial charge on any atom is -0.301 e. The third kappa shape index (κ3) is 5.10. The highest BCUT2D eigenvalue weighted by atomic mass is 15.5. The molecule has 0 aliphatic carbocycles. The standard InChI is InChI=1S/C46H38N6/c1-45(2)46(3,4)52(44-47-39-25-15-24-38(40(39)51(44)45)34-20-12-7-13-21-34)43-49-41(35-28-26-33(27-29-35)31-16-8-5-9-17-31)48-42(50-43)37-23-14-22-36(30-37)32-18-10-6-11-19-32/h5-30H,1-4H3. The maximum absolute atomic E-state index is 5.32. The molecule has 1 aliphatic heterocycles. The van der Waals surface area contributed by atoms with Crippen molar-refractivity contribution in [3.05, 3.63) is 158 Å². The fraction of sp³-hybridized carbons (Fsp3) is 0.130. The number of anilines is 2. The number of hydrogen-bond donors (Lipinski definition) is 0. The second-order valence-electron chi connectivity index (χ2n) is 14.4. The largest absolute Gasteiger partial charge is 0.301 e. The van der Waals surface area contributed by atoms with Gasteiger partial charge in [-0.3, -0.25) is 4.90 Å². The van der Waals surface area contributed by atoms with Crippen molar-refractivity contribution in [1.82, 2.24) is 24.5 Å². The summed E-state index contributed by atoms with van der Waals surface area (Å²) >= 11 is 0. The van der Waals surface area contributed by atoms with Crippen molar-refractivity contribution in [2.45, 2.75) is 38.8 Å². The summed E-state index contributed by atoms with van der Waals surface area (Å²) in [6, 6.07) is 54.7. The van der Waals surface area contributed by atoms with Crippen LogP contribution < -0.4 is 4.90 Å². The molecular formula is C46H38N6. The third-order valence-corrected chi connectivity index (χ3v) is 10.9. The van der Waals surface area contributed by atoms with Crippen LogP contribution in [0.1, 0.15) is 27.7 Å². The van der Waals surface area contributed by atoms with Gasteiger partial charge in [0.1, 0.15) is 0 Å². The molecule has 0 N–H and O–H groups in total. The fourth-order valence-corrected chi connectivity index (χ4v) is 7.41. The molecule has 52 heavy (non-hydrogen) atoms. The molecule has 0 fully saturated rings. The van der Waals surface area contributed by atoms with Crippen LogP contribution in [0.5, 0.6) is 0 Å². The Bertz CT molecular complexity index is 2560. The molecule has 0 spiro atoms. The smallest absolute Gasteiger partial charge is 0.237 e. The molecule has 0 atom stereocenters. The van der Waals surface area contributed by atoms with Crippen molar-refractivity contribution < 1.29 is 0 Å². The molecule has 3 heterocycles. The van der Waals surface area contributed by atoms with Crippen molar-refractivity contribution in [2.24, 2.45) is 0 Å². The van der Waals surface area contributed by atoms with Gasteiger partial charge in [0.2, 0.25) is 11.9 Å². The Morgan fingerprint density at radius 1 is 0.404 bits per heavy atom. The van der Waals surface area contributed by atoms with Gasteiger partial charge < -0.3 is 4.57 Å². The second-order valence-corrected chi connectivity index (χ2v) is 14.4. The van der Waals surface area contributed by atoms with Crippen LogP contribution in [-0.4, -0.2) is 30.0 Å². The molecule has 6 heteroatoms. The Kier molecular flexibility index (Phi) is 7.37. The van der Waals surface area contributed by atoms with E-state index in [2.05, 4.69) is 183 Å². The summed E-state index contributed by atoms with van der Waals surface area (Å²) in [6.45, 7) is 9.08. The van der Waals surface area contributed by atoms with Crippen molar-refractivity contribution in [3.8, 4) is 56.2 Å². The van der Waals surface area contributed by atoms with E-state index in [4.69, 9.17) is 19.9 Å². The van der Waals surface area contributed by atoms with Crippen molar-refractivity contribution in [2.75, 3.05) is 4.90 Å². The maximum Gasteiger partial charge on any atom is 0.237 e. The summed E-state index contributed by atoms with van der Waals surface area (Å²) in [5, 5.41) is 0. The van der Waals surface area contributed by atoms with Crippen molar-refractivity contribution in [1.29, 1.82) is 0 Å². The number of nitrogens with zero attached hydrogens (tertiary/aromatic N) is 6. The van der Waals surface area contributed by atoms with Crippen molar-refractivity contribution in [3.63, 3.8) is 0 Å². The van der Waals surface area contributed by atoms with Gasteiger partial charge in [0.05, 0.1) is 22.1 Å². The number of para-hydroxylation sites is 1. The van der Waals surface area contributed by atoms with Crippen LogP contribution in [0.25, 0.3) is 67.2 Å². The first kappa shape index (κ1) is 31.6. The average Bonchev–Trinajstić information content (AvgIpc) is 3.65. The molecule has 6 aromatic carbocycles. The highest BCUT2D eigenvalue weighted by Gasteiger charge is 2.54. The number of aromatic nitrogens is 5. The fourth-order valence-electron chi connectivity index (χ4n) is 7.41. The van der Waals surface area contributed by atoms with E-state index in [1.165, 1.54) is 5.56 Å². The van der Waals surface area contributed by atoms with Gasteiger partial charge in [-0.15, -0.1) is 0 Å². The van der Waals surface area contributed by atoms with Gasteiger partial charge in [-0.2, -0.15) is 9.97 Å². The van der Waals surface area contributed by atoms with E-state index < -0.39 is 5.54 Å². The summed E-state index contributed by atoms with van der Waals surface area (Å²) in [5.74, 6) is 2.59. The maximum atomic E-state index is 5.32. The lowest BCUT2D eigenvalue weighted by molar-refractivity contribution is 0.251. The lowest BCUT2D eigenvalue weighted by Gasteiger charge is -2.40. The normalized spacial score (nSPS) is 14.4. The molecule has 1 aliphatic rings. The summed E-state index contributed by atoms with van der Waals surface area (Å²) in [6.07, 6.45) is 0. The zero-order valence-corrected chi connectivity index (χ0v) is 29.7. The first-order chi connectivity index (χ1) is 25.3. The Morgan fingerprint density at radius 2 is 0.904 bits per heavy atom. The van der Waals surface area contributed by atoms with E-state index in [0.717, 1.165) is 55.9 Å². The monoisotopic (exact) mass is 674 g/mol. The van der Waals surface area contributed by atoms with Crippen LogP contribution >= 0.6 is 0 Å². The average molecular weight is 675 g/mol. The predicted octanol–water partition coefficient (Wildman–Crippen LogP) is 11.2. The van der Waals surface area contributed by atoms with E-state index in [0.29, 0.717) is 17.6 Å². The molecule has 0 unspecified atom stereocenters. The Morgan fingerprint density at radius 3 is 1.56 bits per heavy atom. The quantitative estimate of drug-likeness (QED) is 0.176. The highest BCUT2D eigenvalue weighted by Crippen LogP contribution is 2.52. The van der Waals surface area contributed by atoms with Crippen LogP contribution in [0.2, 0.25) is 0 Å². The van der Waals surface area contributed by atoms with Crippen LogP contribution in [0.3, 0.4) is 0 Å². The number of benzene rings is 6. The molecule has 252 valence electrons. The van der Waals surface area contributed by atoms with Crippen LogP contribution in [0.4, 0.5) is 11.9 Å². The number of fused-ring (bicyclic) bond motifs is 3. The first-order valence-electron chi connectivity index (χ1n) is 17.7. The molecule has 8 aromatic rings. The van der Waals surface area contributed by atoms with Crippen LogP contribution in [0, 0.1) is 0 Å². The molecule has 9 rings (SSSR count). The van der Waals surface area contributed by atoms with Gasteiger partial charge in [-0.25, -0.2) is 9.97 Å². The molecule has 0 bridgehead atoms. The Labute approximate surface area is 304 Å². The van der Waals surface area contributed by atoms with Crippen LogP contribution in [-0.2, 0) is 5.54 Å². The molecule has 0 saturated heterocycles. The number of imidazole rings is 1. The third-order valence-electron chi connectivity index (χ3n) is 10.9. The van der Waals surface area contributed by atoms with Gasteiger partial charge in [-0.05, 0) is 67.6 Å². The Balaban J connectivity index is 1.25. The van der Waals surface area contributed by atoms with Gasteiger partial charge >= 0.3 is 0 Å². The van der Waals surface area contributed by atoms with Gasteiger partial charge in [0, 0.05) is 16.7 Å². The number of rotatable bonds is 6. The number of hydrogen-bond acceptors (Lipinski definition) is 5. The van der Waals surface area contributed by atoms with E-state index >= 15 is 0 Å². The zero-order chi connectivity index (χ0) is 35.5. The lowest BCUT2D eigenvalue weighted by atomic mass is 9.82. The minimum atomic E-state index is -0.466. The second kappa shape index (κ2) is 12.1. The Hall–Kier alpha value is -6.40. The van der Waals surface area contributed by atoms with E-state index in [-0.39, 0.29) is 5.54 Å². The van der Waals surface area contributed by atoms with Gasteiger partial charge in [0.15, 0.2) is 11.6 Å². The molecule has 2 aromatic heterocycles. The summed E-state index contributed by atoms with van der Waals surface area (Å²) < 4.78 is 2.39.